The van der Waals surface area contributed by atoms with Crippen LogP contribution in [0.4, 0.5) is 10.1 Å². The molecule has 1 aromatic heterocycles. The summed E-state index contributed by atoms with van der Waals surface area (Å²) in [6.07, 6.45) is 3.22. The number of anilines is 1. The Morgan fingerprint density at radius 1 is 1.19 bits per heavy atom. The van der Waals surface area contributed by atoms with E-state index in [1.165, 1.54) is 10.7 Å². The number of aromatic amines is 1. The number of nitrogens with zero attached hydrogens (tertiary/aromatic N) is 4. The fourth-order valence-corrected chi connectivity index (χ4v) is 3.45. The Hall–Kier alpha value is -3.26. The van der Waals surface area contributed by atoms with Crippen molar-refractivity contribution in [3.05, 3.63) is 58.9 Å². The van der Waals surface area contributed by atoms with Crippen molar-refractivity contribution in [3.8, 4) is 17.1 Å². The molecule has 1 saturated heterocycles. The fourth-order valence-electron chi connectivity index (χ4n) is 3.45. The van der Waals surface area contributed by atoms with Gasteiger partial charge >= 0.3 is 0 Å². The number of fused-ring (bicyclic) bond motifs is 3. The Kier molecular flexibility index (Phi) is 3.64. The molecule has 3 aliphatic heterocycles. The lowest BCUT2D eigenvalue weighted by Crippen LogP contribution is -2.36. The molecule has 4 heterocycles. The molecule has 0 spiro atoms. The van der Waals surface area contributed by atoms with Crippen molar-refractivity contribution in [3.63, 3.8) is 0 Å². The molecule has 0 aliphatic carbocycles. The van der Waals surface area contributed by atoms with E-state index in [0.717, 1.165) is 5.52 Å². The van der Waals surface area contributed by atoms with Gasteiger partial charge in [0.2, 0.25) is 0 Å². The number of morpholine rings is 1. The number of ether oxygens (including phenoxy) is 1. The Morgan fingerprint density at radius 3 is 2.81 bits per heavy atom. The van der Waals surface area contributed by atoms with Crippen LogP contribution < -0.4 is 10.5 Å². The summed E-state index contributed by atoms with van der Waals surface area (Å²) in [5.41, 5.74) is 1.79. The molecule has 7 nitrogen and oxygen atoms in total. The second-order valence-electron chi connectivity index (χ2n) is 6.40. The first-order chi connectivity index (χ1) is 13.2. The van der Waals surface area contributed by atoms with Crippen molar-refractivity contribution in [2.24, 2.45) is 0 Å². The maximum atomic E-state index is 14.8. The molecule has 0 saturated carbocycles. The first-order valence-electron chi connectivity index (χ1n) is 8.70. The summed E-state index contributed by atoms with van der Waals surface area (Å²) >= 11 is 0. The zero-order valence-corrected chi connectivity index (χ0v) is 14.4. The summed E-state index contributed by atoms with van der Waals surface area (Å²) in [6.45, 7) is 2.44. The van der Waals surface area contributed by atoms with Crippen LogP contribution in [0.25, 0.3) is 28.0 Å². The minimum Gasteiger partial charge on any atom is -0.378 e. The average Bonchev–Trinajstić information content (AvgIpc) is 3.06. The quantitative estimate of drug-likeness (QED) is 0.589. The van der Waals surface area contributed by atoms with Crippen LogP contribution in [0.3, 0.4) is 0 Å². The van der Waals surface area contributed by atoms with Crippen molar-refractivity contribution in [1.29, 1.82) is 0 Å². The fraction of sp³-hybridized carbons (Fsp3) is 0.211. The highest BCUT2D eigenvalue weighted by molar-refractivity contribution is 5.95. The summed E-state index contributed by atoms with van der Waals surface area (Å²) in [5.74, 6) is 0.0855. The molecule has 3 aliphatic rings. The van der Waals surface area contributed by atoms with Crippen molar-refractivity contribution in [2.75, 3.05) is 31.2 Å². The zero-order chi connectivity index (χ0) is 18.4. The standard InChI is InChI=1S/C19H16FN5O2/c20-14-9-12-15(10-16(14)24-5-7-27-8-6-24)22-11-13-18(12)23-25(19(13)26)17-3-1-2-4-21-17/h1-4,9-11,22H,5-8H2. The van der Waals surface area contributed by atoms with E-state index in [2.05, 4.69) is 15.1 Å². The number of hydrogen-bond acceptors (Lipinski definition) is 5. The molecule has 0 unspecified atom stereocenters. The maximum absolute atomic E-state index is 14.8. The third-order valence-corrected chi connectivity index (χ3v) is 4.81. The SMILES string of the molecule is O=c1c2c[nH]c3cc(N4CCOCC4)c(F)cc3c-2nn1-c1ccccn1. The highest BCUT2D eigenvalue weighted by atomic mass is 19.1. The van der Waals surface area contributed by atoms with Gasteiger partial charge in [-0.15, -0.1) is 0 Å². The molecule has 1 aromatic carbocycles. The second-order valence-corrected chi connectivity index (χ2v) is 6.40. The van der Waals surface area contributed by atoms with Crippen LogP contribution in [0.1, 0.15) is 0 Å². The summed E-state index contributed by atoms with van der Waals surface area (Å²) < 4.78 is 21.4. The van der Waals surface area contributed by atoms with Crippen LogP contribution in [0, 0.1) is 5.82 Å². The van der Waals surface area contributed by atoms with E-state index >= 15 is 0 Å². The molecular weight excluding hydrogens is 349 g/mol. The van der Waals surface area contributed by atoms with Gasteiger partial charge in [-0.1, -0.05) is 6.07 Å². The van der Waals surface area contributed by atoms with E-state index in [-0.39, 0.29) is 11.4 Å². The highest BCUT2D eigenvalue weighted by Gasteiger charge is 2.22. The third kappa shape index (κ3) is 2.57. The maximum Gasteiger partial charge on any atom is 0.283 e. The highest BCUT2D eigenvalue weighted by Crippen LogP contribution is 2.31. The molecule has 0 bridgehead atoms. The van der Waals surface area contributed by atoms with Gasteiger partial charge in [0.15, 0.2) is 5.82 Å². The zero-order valence-electron chi connectivity index (χ0n) is 14.4. The lowest BCUT2D eigenvalue weighted by atomic mass is 10.1. The van der Waals surface area contributed by atoms with Crippen molar-refractivity contribution in [1.82, 2.24) is 19.7 Å². The van der Waals surface area contributed by atoms with Crippen molar-refractivity contribution < 1.29 is 9.13 Å². The molecule has 0 atom stereocenters. The molecule has 27 heavy (non-hydrogen) atoms. The van der Waals surface area contributed by atoms with Gasteiger partial charge in [-0.25, -0.2) is 9.37 Å². The summed E-state index contributed by atoms with van der Waals surface area (Å²) in [6, 6.07) is 8.46. The Balaban J connectivity index is 1.70. The van der Waals surface area contributed by atoms with Gasteiger partial charge in [0.05, 0.1) is 24.5 Å². The van der Waals surface area contributed by atoms with Crippen LogP contribution in [-0.2, 0) is 4.74 Å². The Bertz CT molecular complexity index is 1150. The van der Waals surface area contributed by atoms with Crippen molar-refractivity contribution in [2.45, 2.75) is 0 Å². The molecule has 2 aromatic rings. The average molecular weight is 365 g/mol. The minimum absolute atomic E-state index is 0.292. The van der Waals surface area contributed by atoms with Gasteiger partial charge in [-0.3, -0.25) is 4.79 Å². The second kappa shape index (κ2) is 6.17. The number of pyridine rings is 2. The topological polar surface area (TPSA) is 76.0 Å². The number of hydrogen-bond donors (Lipinski definition) is 1. The van der Waals surface area contributed by atoms with Crippen LogP contribution >= 0.6 is 0 Å². The molecular formula is C19H16FN5O2. The van der Waals surface area contributed by atoms with E-state index in [4.69, 9.17) is 4.74 Å². The Morgan fingerprint density at radius 2 is 2.04 bits per heavy atom. The minimum atomic E-state index is -0.342. The monoisotopic (exact) mass is 365 g/mol. The molecule has 0 amide bonds. The smallest absolute Gasteiger partial charge is 0.283 e. The lowest BCUT2D eigenvalue weighted by molar-refractivity contribution is 0.122. The van der Waals surface area contributed by atoms with E-state index in [1.807, 2.05) is 4.90 Å². The van der Waals surface area contributed by atoms with Crippen molar-refractivity contribution >= 4 is 16.6 Å². The normalized spacial score (nSPS) is 14.9. The van der Waals surface area contributed by atoms with Gasteiger partial charge in [0.25, 0.3) is 5.56 Å². The summed E-state index contributed by atoms with van der Waals surface area (Å²) in [7, 11) is 0. The predicted octanol–water partition coefficient (Wildman–Crippen LogP) is 2.19. The van der Waals surface area contributed by atoms with Gasteiger partial charge in [-0.2, -0.15) is 9.78 Å². The first-order valence-corrected chi connectivity index (χ1v) is 8.70. The molecule has 5 rings (SSSR count). The molecule has 1 N–H and O–H groups in total. The number of rotatable bonds is 2. The Labute approximate surface area is 153 Å². The van der Waals surface area contributed by atoms with Gasteiger partial charge in [0.1, 0.15) is 11.5 Å². The number of H-pyrrole nitrogens is 1. The van der Waals surface area contributed by atoms with Crippen LogP contribution in [-0.4, -0.2) is 46.1 Å². The van der Waals surface area contributed by atoms with Crippen LogP contribution in [0.5, 0.6) is 0 Å². The molecule has 1 fully saturated rings. The molecule has 136 valence electrons. The molecule has 8 heteroatoms. The van der Waals surface area contributed by atoms with Gasteiger partial charge in [0, 0.05) is 36.4 Å². The number of benzene rings is 1. The summed E-state index contributed by atoms with van der Waals surface area (Å²) in [5, 5.41) is 4.98. The third-order valence-electron chi connectivity index (χ3n) is 4.81. The van der Waals surface area contributed by atoms with E-state index in [0.29, 0.717) is 54.5 Å². The number of halogens is 1. The number of aromatic nitrogens is 4. The van der Waals surface area contributed by atoms with Crippen LogP contribution in [0.15, 0.2) is 47.5 Å². The molecule has 0 radical (unpaired) electrons. The van der Waals surface area contributed by atoms with Gasteiger partial charge in [-0.05, 0) is 24.3 Å². The lowest BCUT2D eigenvalue weighted by Gasteiger charge is -2.29. The number of nitrogens with one attached hydrogen (secondary N) is 1. The predicted molar refractivity (Wildman–Crippen MR) is 99.1 cm³/mol. The van der Waals surface area contributed by atoms with Gasteiger partial charge < -0.3 is 14.6 Å². The van der Waals surface area contributed by atoms with Crippen LogP contribution in [0.2, 0.25) is 0 Å². The van der Waals surface area contributed by atoms with E-state index in [9.17, 15) is 9.18 Å². The van der Waals surface area contributed by atoms with E-state index < -0.39 is 0 Å². The van der Waals surface area contributed by atoms with E-state index in [1.54, 1.807) is 36.7 Å². The largest absolute Gasteiger partial charge is 0.378 e. The summed E-state index contributed by atoms with van der Waals surface area (Å²) in [4.78, 5) is 21.9. The first kappa shape index (κ1) is 16.0.